The number of rotatable bonds is 5. The van der Waals surface area contributed by atoms with Gasteiger partial charge in [-0.25, -0.2) is 4.98 Å². The molecule has 25 heavy (non-hydrogen) atoms. The first-order chi connectivity index (χ1) is 12.1. The Morgan fingerprint density at radius 3 is 2.80 bits per heavy atom. The summed E-state index contributed by atoms with van der Waals surface area (Å²) in [6, 6.07) is 3.72. The molecule has 1 aliphatic rings. The fourth-order valence-electron chi connectivity index (χ4n) is 3.26. The van der Waals surface area contributed by atoms with Crippen molar-refractivity contribution in [2.75, 3.05) is 11.9 Å². The zero-order chi connectivity index (χ0) is 17.8. The van der Waals surface area contributed by atoms with Crippen LogP contribution in [0.1, 0.15) is 44.7 Å². The minimum absolute atomic E-state index is 0.00610. The summed E-state index contributed by atoms with van der Waals surface area (Å²) in [5.41, 5.74) is 1.21. The van der Waals surface area contributed by atoms with Crippen LogP contribution in [0, 0.1) is 5.92 Å². The molecule has 2 heterocycles. The Hall–Kier alpha value is -1.89. The van der Waals surface area contributed by atoms with Gasteiger partial charge < -0.3 is 10.1 Å². The molecule has 0 bridgehead atoms. The van der Waals surface area contributed by atoms with Crippen LogP contribution >= 0.6 is 15.9 Å². The summed E-state index contributed by atoms with van der Waals surface area (Å²) in [6.07, 6.45) is 7.08. The zero-order valence-electron chi connectivity index (χ0n) is 14.3. The number of imidazole rings is 1. The van der Waals surface area contributed by atoms with Gasteiger partial charge in [-0.15, -0.1) is 0 Å². The highest BCUT2D eigenvalue weighted by molar-refractivity contribution is 9.10. The fraction of sp³-hybridized carbons (Fsp3) is 0.500. The summed E-state index contributed by atoms with van der Waals surface area (Å²) in [5, 5.41) is 3.01. The summed E-state index contributed by atoms with van der Waals surface area (Å²) in [6.45, 7) is 2.09. The molecule has 2 aromatic heterocycles. The number of aromatic nitrogens is 2. The highest BCUT2D eigenvalue weighted by Crippen LogP contribution is 2.27. The predicted molar refractivity (Wildman–Crippen MR) is 98.4 cm³/mol. The van der Waals surface area contributed by atoms with Gasteiger partial charge in [0.2, 0.25) is 5.91 Å². The standard InChI is InChI=1S/C18H22BrN3O3/c1-2-25-16(23)10-14-17(21-18(24)12-6-4-3-5-7-12)22-11-13(19)8-9-15(22)20-14/h8-9,11-12H,2-7,10H2,1H3,(H,21,24). The number of amides is 1. The van der Waals surface area contributed by atoms with E-state index in [9.17, 15) is 9.59 Å². The summed E-state index contributed by atoms with van der Waals surface area (Å²) < 4.78 is 7.71. The number of halogens is 1. The highest BCUT2D eigenvalue weighted by Gasteiger charge is 2.24. The molecule has 0 unspecified atom stereocenters. The van der Waals surface area contributed by atoms with Gasteiger partial charge in [0.25, 0.3) is 0 Å². The van der Waals surface area contributed by atoms with E-state index in [1.807, 2.05) is 18.3 Å². The van der Waals surface area contributed by atoms with Crippen LogP contribution in [-0.2, 0) is 20.7 Å². The molecule has 1 saturated carbocycles. The van der Waals surface area contributed by atoms with Crippen molar-refractivity contribution in [3.8, 4) is 0 Å². The van der Waals surface area contributed by atoms with Crippen molar-refractivity contribution < 1.29 is 14.3 Å². The third-order valence-corrected chi connectivity index (χ3v) is 4.96. The Labute approximate surface area is 155 Å². The number of hydrogen-bond acceptors (Lipinski definition) is 4. The van der Waals surface area contributed by atoms with Crippen LogP contribution in [0.25, 0.3) is 5.65 Å². The second kappa shape index (κ2) is 7.99. The van der Waals surface area contributed by atoms with E-state index in [0.717, 1.165) is 30.2 Å². The molecule has 0 aliphatic heterocycles. The molecule has 2 aromatic rings. The molecule has 1 aliphatic carbocycles. The van der Waals surface area contributed by atoms with E-state index in [4.69, 9.17) is 4.74 Å². The first-order valence-electron chi connectivity index (χ1n) is 8.71. The van der Waals surface area contributed by atoms with Crippen LogP contribution in [0.15, 0.2) is 22.8 Å². The van der Waals surface area contributed by atoms with Crippen molar-refractivity contribution in [1.82, 2.24) is 9.38 Å². The maximum absolute atomic E-state index is 12.7. The lowest BCUT2D eigenvalue weighted by Gasteiger charge is -2.20. The van der Waals surface area contributed by atoms with Gasteiger partial charge in [-0.1, -0.05) is 19.3 Å². The Morgan fingerprint density at radius 2 is 2.08 bits per heavy atom. The molecule has 1 N–H and O–H groups in total. The SMILES string of the molecule is CCOC(=O)Cc1nc2ccc(Br)cn2c1NC(=O)C1CCCCC1. The molecular formula is C18H22BrN3O3. The number of ether oxygens (including phenoxy) is 1. The van der Waals surface area contributed by atoms with Gasteiger partial charge in [0.05, 0.1) is 18.7 Å². The summed E-state index contributed by atoms with van der Waals surface area (Å²) >= 11 is 3.44. The van der Waals surface area contributed by atoms with Gasteiger partial charge in [0.15, 0.2) is 0 Å². The van der Waals surface area contributed by atoms with Crippen LogP contribution in [0.5, 0.6) is 0 Å². The molecule has 0 aromatic carbocycles. The van der Waals surface area contributed by atoms with Crippen molar-refractivity contribution in [2.45, 2.75) is 45.4 Å². The quantitative estimate of drug-likeness (QED) is 0.766. The summed E-state index contributed by atoms with van der Waals surface area (Å²) in [4.78, 5) is 29.1. The molecule has 134 valence electrons. The normalized spacial score (nSPS) is 15.3. The van der Waals surface area contributed by atoms with E-state index in [-0.39, 0.29) is 24.2 Å². The highest BCUT2D eigenvalue weighted by atomic mass is 79.9. The van der Waals surface area contributed by atoms with Gasteiger partial charge in [-0.3, -0.25) is 14.0 Å². The maximum atomic E-state index is 12.7. The predicted octanol–water partition coefficient (Wildman–Crippen LogP) is 3.72. The fourth-order valence-corrected chi connectivity index (χ4v) is 3.59. The van der Waals surface area contributed by atoms with E-state index in [1.165, 1.54) is 6.42 Å². The number of esters is 1. The number of fused-ring (bicyclic) bond motifs is 1. The molecule has 0 saturated heterocycles. The lowest BCUT2D eigenvalue weighted by molar-refractivity contribution is -0.142. The number of hydrogen-bond donors (Lipinski definition) is 1. The topological polar surface area (TPSA) is 72.7 Å². The van der Waals surface area contributed by atoms with E-state index in [0.29, 0.717) is 23.8 Å². The monoisotopic (exact) mass is 407 g/mol. The van der Waals surface area contributed by atoms with E-state index in [2.05, 4.69) is 26.2 Å². The van der Waals surface area contributed by atoms with Crippen molar-refractivity contribution in [3.63, 3.8) is 0 Å². The molecule has 1 fully saturated rings. The van der Waals surface area contributed by atoms with Crippen molar-refractivity contribution in [2.24, 2.45) is 5.92 Å². The molecule has 3 rings (SSSR count). The summed E-state index contributed by atoms with van der Waals surface area (Å²) in [5.74, 6) is 0.242. The molecule has 0 radical (unpaired) electrons. The van der Waals surface area contributed by atoms with E-state index >= 15 is 0 Å². The molecule has 1 amide bonds. The van der Waals surface area contributed by atoms with Crippen LogP contribution in [-0.4, -0.2) is 27.9 Å². The van der Waals surface area contributed by atoms with Crippen LogP contribution in [0.2, 0.25) is 0 Å². The van der Waals surface area contributed by atoms with Gasteiger partial charge in [0, 0.05) is 16.6 Å². The van der Waals surface area contributed by atoms with Crippen molar-refractivity contribution in [3.05, 3.63) is 28.5 Å². The number of pyridine rings is 1. The average molecular weight is 408 g/mol. The smallest absolute Gasteiger partial charge is 0.312 e. The number of nitrogens with one attached hydrogen (secondary N) is 1. The Balaban J connectivity index is 1.90. The van der Waals surface area contributed by atoms with E-state index in [1.54, 1.807) is 11.3 Å². The maximum Gasteiger partial charge on any atom is 0.312 e. The van der Waals surface area contributed by atoms with Gasteiger partial charge in [-0.05, 0) is 47.8 Å². The Morgan fingerprint density at radius 1 is 1.32 bits per heavy atom. The third kappa shape index (κ3) is 4.21. The first kappa shape index (κ1) is 17.9. The van der Waals surface area contributed by atoms with E-state index < -0.39 is 0 Å². The molecule has 0 atom stereocenters. The minimum Gasteiger partial charge on any atom is -0.466 e. The third-order valence-electron chi connectivity index (χ3n) is 4.49. The molecule has 7 heteroatoms. The second-order valence-electron chi connectivity index (χ2n) is 6.29. The van der Waals surface area contributed by atoms with Crippen molar-refractivity contribution in [1.29, 1.82) is 0 Å². The van der Waals surface area contributed by atoms with Crippen LogP contribution in [0.3, 0.4) is 0 Å². The zero-order valence-corrected chi connectivity index (χ0v) is 15.8. The summed E-state index contributed by atoms with van der Waals surface area (Å²) in [7, 11) is 0. The Bertz CT molecular complexity index is 781. The van der Waals surface area contributed by atoms with Gasteiger partial charge >= 0.3 is 5.97 Å². The number of carbonyl (C=O) groups excluding carboxylic acids is 2. The number of anilines is 1. The second-order valence-corrected chi connectivity index (χ2v) is 7.20. The lowest BCUT2D eigenvalue weighted by atomic mass is 9.89. The number of nitrogens with zero attached hydrogens (tertiary/aromatic N) is 2. The van der Waals surface area contributed by atoms with Crippen LogP contribution < -0.4 is 5.32 Å². The van der Waals surface area contributed by atoms with Crippen molar-refractivity contribution >= 4 is 39.3 Å². The largest absolute Gasteiger partial charge is 0.466 e. The molecule has 0 spiro atoms. The van der Waals surface area contributed by atoms with Gasteiger partial charge in [-0.2, -0.15) is 0 Å². The lowest BCUT2D eigenvalue weighted by Crippen LogP contribution is -2.26. The molecular weight excluding hydrogens is 386 g/mol. The average Bonchev–Trinajstić information content (AvgIpc) is 2.92. The minimum atomic E-state index is -0.349. The first-order valence-corrected chi connectivity index (χ1v) is 9.50. The Kier molecular flexibility index (Phi) is 5.73. The van der Waals surface area contributed by atoms with Crippen LogP contribution in [0.4, 0.5) is 5.82 Å². The van der Waals surface area contributed by atoms with Gasteiger partial charge in [0.1, 0.15) is 11.5 Å². The number of carbonyl (C=O) groups is 2. The molecule has 6 nitrogen and oxygen atoms in total.